The monoisotopic (exact) mass is 223 g/mol. The minimum atomic E-state index is 0.609. The molecule has 1 heterocycles. The Labute approximate surface area is 92.6 Å². The van der Waals surface area contributed by atoms with Gasteiger partial charge >= 0.3 is 0 Å². The number of nitrogens with zero attached hydrogens (tertiary/aromatic N) is 1. The average molecular weight is 224 g/mol. The van der Waals surface area contributed by atoms with Gasteiger partial charge in [0.05, 0.1) is 19.2 Å². The number of hydrogen-bond donors (Lipinski definition) is 0. The maximum absolute atomic E-state index is 6.05. The molecular weight excluding hydrogens is 214 g/mol. The third kappa shape index (κ3) is 1.59. The van der Waals surface area contributed by atoms with Crippen molar-refractivity contribution in [3.05, 3.63) is 29.4 Å². The molecule has 0 unspecified atom stereocenters. The summed E-state index contributed by atoms with van der Waals surface area (Å²) < 4.78 is 10.4. The highest BCUT2D eigenvalue weighted by molar-refractivity contribution is 6.35. The van der Waals surface area contributed by atoms with Crippen LogP contribution in [0.4, 0.5) is 0 Å². The minimum Gasteiger partial charge on any atom is -0.493 e. The van der Waals surface area contributed by atoms with Crippen LogP contribution in [0.1, 0.15) is 0 Å². The summed E-state index contributed by atoms with van der Waals surface area (Å²) in [7, 11) is 3.17. The third-order valence-electron chi connectivity index (χ3n) is 2.20. The maximum atomic E-state index is 6.05. The van der Waals surface area contributed by atoms with Crippen LogP contribution in [-0.2, 0) is 0 Å². The van der Waals surface area contributed by atoms with E-state index in [2.05, 4.69) is 4.98 Å². The number of halogens is 1. The van der Waals surface area contributed by atoms with Crippen molar-refractivity contribution in [2.75, 3.05) is 14.2 Å². The van der Waals surface area contributed by atoms with Crippen LogP contribution < -0.4 is 9.47 Å². The van der Waals surface area contributed by atoms with Crippen molar-refractivity contribution in [3.63, 3.8) is 0 Å². The molecule has 2 rings (SSSR count). The third-order valence-corrected chi connectivity index (χ3v) is 2.53. The number of rotatable bonds is 2. The molecule has 78 valence electrons. The van der Waals surface area contributed by atoms with Gasteiger partial charge in [0.25, 0.3) is 0 Å². The topological polar surface area (TPSA) is 31.4 Å². The van der Waals surface area contributed by atoms with Crippen molar-refractivity contribution in [2.24, 2.45) is 0 Å². The van der Waals surface area contributed by atoms with Crippen molar-refractivity contribution in [1.82, 2.24) is 4.98 Å². The van der Waals surface area contributed by atoms with Gasteiger partial charge < -0.3 is 9.47 Å². The van der Waals surface area contributed by atoms with Crippen molar-refractivity contribution >= 4 is 22.5 Å². The lowest BCUT2D eigenvalue weighted by atomic mass is 10.2. The molecule has 3 nitrogen and oxygen atoms in total. The molecule has 0 bridgehead atoms. The Hall–Kier alpha value is -1.48. The van der Waals surface area contributed by atoms with Gasteiger partial charge in [0.15, 0.2) is 11.5 Å². The van der Waals surface area contributed by atoms with Crippen molar-refractivity contribution < 1.29 is 9.47 Å². The van der Waals surface area contributed by atoms with Crippen LogP contribution in [0, 0.1) is 0 Å². The smallest absolute Gasteiger partial charge is 0.187 e. The highest BCUT2D eigenvalue weighted by atomic mass is 35.5. The maximum Gasteiger partial charge on any atom is 0.187 e. The normalized spacial score (nSPS) is 10.3. The molecular formula is C11H10ClNO2. The molecule has 1 aromatic heterocycles. The quantitative estimate of drug-likeness (QED) is 0.785. The van der Waals surface area contributed by atoms with Gasteiger partial charge in [-0.3, -0.25) is 4.98 Å². The number of hydrogen-bond acceptors (Lipinski definition) is 3. The second-order valence-electron chi connectivity index (χ2n) is 2.99. The number of aromatic nitrogens is 1. The fourth-order valence-corrected chi connectivity index (χ4v) is 1.71. The largest absolute Gasteiger partial charge is 0.493 e. The molecule has 1 aromatic carbocycles. The highest BCUT2D eigenvalue weighted by Crippen LogP contribution is 2.36. The first-order valence-corrected chi connectivity index (χ1v) is 4.81. The van der Waals surface area contributed by atoms with E-state index in [4.69, 9.17) is 21.1 Å². The van der Waals surface area contributed by atoms with Gasteiger partial charge in [-0.2, -0.15) is 0 Å². The summed E-state index contributed by atoms with van der Waals surface area (Å²) >= 11 is 6.05. The molecule has 0 spiro atoms. The van der Waals surface area contributed by atoms with Crippen LogP contribution in [0.5, 0.6) is 11.5 Å². The predicted molar refractivity (Wildman–Crippen MR) is 59.9 cm³/mol. The molecule has 0 atom stereocenters. The Morgan fingerprint density at radius 2 is 1.93 bits per heavy atom. The summed E-state index contributed by atoms with van der Waals surface area (Å²) in [5.41, 5.74) is 0.712. The van der Waals surface area contributed by atoms with Crippen LogP contribution in [0.2, 0.25) is 5.02 Å². The van der Waals surface area contributed by atoms with E-state index in [0.29, 0.717) is 22.0 Å². The zero-order valence-corrected chi connectivity index (χ0v) is 9.21. The summed E-state index contributed by atoms with van der Waals surface area (Å²) in [4.78, 5) is 4.23. The highest BCUT2D eigenvalue weighted by Gasteiger charge is 2.11. The Balaban J connectivity index is 2.82. The van der Waals surface area contributed by atoms with Gasteiger partial charge in [0, 0.05) is 11.6 Å². The molecule has 15 heavy (non-hydrogen) atoms. The summed E-state index contributed by atoms with van der Waals surface area (Å²) in [5, 5.41) is 1.51. The first-order valence-electron chi connectivity index (χ1n) is 4.43. The lowest BCUT2D eigenvalue weighted by Crippen LogP contribution is -1.93. The van der Waals surface area contributed by atoms with Crippen LogP contribution in [-0.4, -0.2) is 19.2 Å². The number of fused-ring (bicyclic) bond motifs is 1. The molecule has 0 saturated carbocycles. The van der Waals surface area contributed by atoms with Crippen molar-refractivity contribution in [2.45, 2.75) is 0 Å². The molecule has 0 aliphatic heterocycles. The van der Waals surface area contributed by atoms with E-state index in [0.717, 1.165) is 5.39 Å². The van der Waals surface area contributed by atoms with Crippen LogP contribution in [0.15, 0.2) is 24.4 Å². The van der Waals surface area contributed by atoms with Crippen molar-refractivity contribution in [3.8, 4) is 11.5 Å². The Morgan fingerprint density at radius 1 is 1.13 bits per heavy atom. The van der Waals surface area contributed by atoms with Gasteiger partial charge in [-0.1, -0.05) is 11.6 Å². The summed E-state index contributed by atoms with van der Waals surface area (Å²) in [5.74, 6) is 1.26. The van der Waals surface area contributed by atoms with E-state index < -0.39 is 0 Å². The first-order chi connectivity index (χ1) is 7.27. The average Bonchev–Trinajstić information content (AvgIpc) is 2.28. The first kappa shape index (κ1) is 10.1. The second-order valence-corrected chi connectivity index (χ2v) is 3.40. The molecule has 2 aromatic rings. The Kier molecular flexibility index (Phi) is 2.64. The Morgan fingerprint density at radius 3 is 2.60 bits per heavy atom. The molecule has 0 radical (unpaired) electrons. The fraction of sp³-hybridized carbons (Fsp3) is 0.182. The molecule has 0 fully saturated rings. The number of methoxy groups -OCH3 is 2. The van der Waals surface area contributed by atoms with E-state index >= 15 is 0 Å². The second kappa shape index (κ2) is 3.95. The van der Waals surface area contributed by atoms with Gasteiger partial charge in [0.2, 0.25) is 0 Å². The van der Waals surface area contributed by atoms with Crippen LogP contribution >= 0.6 is 11.6 Å². The molecule has 4 heteroatoms. The lowest BCUT2D eigenvalue weighted by molar-refractivity contribution is 0.358. The number of benzene rings is 1. The van der Waals surface area contributed by atoms with Gasteiger partial charge in [-0.15, -0.1) is 0 Å². The predicted octanol–water partition coefficient (Wildman–Crippen LogP) is 2.91. The lowest BCUT2D eigenvalue weighted by Gasteiger charge is -2.10. The zero-order valence-electron chi connectivity index (χ0n) is 8.45. The van der Waals surface area contributed by atoms with E-state index in [9.17, 15) is 0 Å². The molecule has 0 amide bonds. The van der Waals surface area contributed by atoms with Gasteiger partial charge in [-0.25, -0.2) is 0 Å². The van der Waals surface area contributed by atoms with Crippen molar-refractivity contribution in [1.29, 1.82) is 0 Å². The molecule has 0 aliphatic carbocycles. The van der Waals surface area contributed by atoms with E-state index in [1.54, 1.807) is 26.5 Å². The Bertz CT molecular complexity index is 499. The summed E-state index contributed by atoms with van der Waals surface area (Å²) in [6, 6.07) is 5.43. The van der Waals surface area contributed by atoms with E-state index in [1.165, 1.54) is 0 Å². The summed E-state index contributed by atoms with van der Waals surface area (Å²) in [6.45, 7) is 0. The number of ether oxygens (including phenoxy) is 2. The molecule has 0 saturated heterocycles. The number of pyridine rings is 1. The SMILES string of the molecule is COc1ccc2c(Cl)ccnc2c1OC. The summed E-state index contributed by atoms with van der Waals surface area (Å²) in [6.07, 6.45) is 1.65. The van der Waals surface area contributed by atoms with E-state index in [-0.39, 0.29) is 0 Å². The zero-order chi connectivity index (χ0) is 10.8. The minimum absolute atomic E-state index is 0.609. The van der Waals surface area contributed by atoms with Gasteiger partial charge in [0.1, 0.15) is 5.52 Å². The van der Waals surface area contributed by atoms with Crippen LogP contribution in [0.3, 0.4) is 0 Å². The molecule has 0 aliphatic rings. The molecule has 0 N–H and O–H groups in total. The van der Waals surface area contributed by atoms with Crippen LogP contribution in [0.25, 0.3) is 10.9 Å². The fourth-order valence-electron chi connectivity index (χ4n) is 1.50. The van der Waals surface area contributed by atoms with Gasteiger partial charge in [-0.05, 0) is 18.2 Å². The van der Waals surface area contributed by atoms with E-state index in [1.807, 2.05) is 12.1 Å². The standard InChI is InChI=1S/C11H10ClNO2/c1-14-9-4-3-7-8(12)5-6-13-10(7)11(9)15-2/h3-6H,1-2H3.